The molecule has 5 aromatic rings. The summed E-state index contributed by atoms with van der Waals surface area (Å²) >= 11 is 0. The summed E-state index contributed by atoms with van der Waals surface area (Å²) in [5.41, 5.74) is 6.33. The molecule has 0 bridgehead atoms. The van der Waals surface area contributed by atoms with Crippen LogP contribution in [0.4, 0.5) is 0 Å². The van der Waals surface area contributed by atoms with Crippen molar-refractivity contribution < 1.29 is 0 Å². The zero-order valence-electron chi connectivity index (χ0n) is 13.8. The van der Waals surface area contributed by atoms with Gasteiger partial charge >= 0.3 is 0 Å². The molecule has 4 nitrogen and oxygen atoms in total. The smallest absolute Gasteiger partial charge is 0.155 e. The first-order chi connectivity index (χ1) is 12.3. The van der Waals surface area contributed by atoms with Gasteiger partial charge in [-0.3, -0.25) is 9.38 Å². The Morgan fingerprint density at radius 3 is 2.60 bits per heavy atom. The van der Waals surface area contributed by atoms with E-state index in [1.165, 1.54) is 10.9 Å². The van der Waals surface area contributed by atoms with Crippen LogP contribution in [0.15, 0.2) is 79.4 Å². The SMILES string of the molecule is Cn1ccc2cc(-c3cnc4cnc(-c5ccccc5)cn34)ccc21. The van der Waals surface area contributed by atoms with Crippen molar-refractivity contribution in [2.75, 3.05) is 0 Å². The van der Waals surface area contributed by atoms with Crippen molar-refractivity contribution in [1.29, 1.82) is 0 Å². The number of imidazole rings is 1. The number of hydrogen-bond donors (Lipinski definition) is 0. The number of hydrogen-bond acceptors (Lipinski definition) is 2. The molecule has 0 N–H and O–H groups in total. The van der Waals surface area contributed by atoms with Crippen LogP contribution in [-0.2, 0) is 7.05 Å². The van der Waals surface area contributed by atoms with E-state index in [1.54, 1.807) is 0 Å². The van der Waals surface area contributed by atoms with Crippen molar-refractivity contribution in [3.63, 3.8) is 0 Å². The largest absolute Gasteiger partial charge is 0.351 e. The topological polar surface area (TPSA) is 35.1 Å². The van der Waals surface area contributed by atoms with E-state index in [0.29, 0.717) is 0 Å². The summed E-state index contributed by atoms with van der Waals surface area (Å²) in [7, 11) is 2.06. The zero-order valence-corrected chi connectivity index (χ0v) is 13.8. The fraction of sp³-hybridized carbons (Fsp3) is 0.0476. The van der Waals surface area contributed by atoms with Crippen LogP contribution in [0, 0.1) is 0 Å². The zero-order chi connectivity index (χ0) is 16.8. The molecule has 3 heterocycles. The summed E-state index contributed by atoms with van der Waals surface area (Å²) in [6.45, 7) is 0. The van der Waals surface area contributed by atoms with Crippen molar-refractivity contribution >= 4 is 16.6 Å². The highest BCUT2D eigenvalue weighted by Gasteiger charge is 2.09. The molecule has 0 unspecified atom stereocenters. The highest BCUT2D eigenvalue weighted by atomic mass is 15.0. The van der Waals surface area contributed by atoms with E-state index >= 15 is 0 Å². The molecule has 0 spiro atoms. The Balaban J connectivity index is 1.69. The van der Waals surface area contributed by atoms with Crippen LogP contribution in [0.1, 0.15) is 0 Å². The minimum Gasteiger partial charge on any atom is -0.351 e. The van der Waals surface area contributed by atoms with E-state index < -0.39 is 0 Å². The molecule has 0 amide bonds. The number of benzene rings is 2. The molecule has 4 heteroatoms. The molecule has 0 saturated heterocycles. The van der Waals surface area contributed by atoms with Gasteiger partial charge in [-0.15, -0.1) is 0 Å². The monoisotopic (exact) mass is 324 g/mol. The Morgan fingerprint density at radius 1 is 0.840 bits per heavy atom. The molecule has 0 aliphatic carbocycles. The standard InChI is InChI=1S/C21H16N4/c1-24-10-9-17-11-16(7-8-19(17)24)20-12-23-21-13-22-18(14-25(20)21)15-5-3-2-4-6-15/h2-14H,1H3. The molecule has 3 aromatic heterocycles. The van der Waals surface area contributed by atoms with Gasteiger partial charge in [-0.25, -0.2) is 4.98 Å². The molecular formula is C21H16N4. The molecule has 0 aliphatic rings. The van der Waals surface area contributed by atoms with E-state index in [1.807, 2.05) is 30.6 Å². The summed E-state index contributed by atoms with van der Waals surface area (Å²) in [6.07, 6.45) is 7.88. The summed E-state index contributed by atoms with van der Waals surface area (Å²) < 4.78 is 4.24. The Kier molecular flexibility index (Phi) is 2.97. The molecule has 0 saturated carbocycles. The Hall–Kier alpha value is -3.40. The molecular weight excluding hydrogens is 308 g/mol. The average Bonchev–Trinajstić information content (AvgIpc) is 3.25. The van der Waals surface area contributed by atoms with Crippen LogP contribution in [0.2, 0.25) is 0 Å². The second-order valence-corrected chi connectivity index (χ2v) is 6.21. The quantitative estimate of drug-likeness (QED) is 0.477. The normalized spacial score (nSPS) is 11.4. The lowest BCUT2D eigenvalue weighted by Crippen LogP contribution is -1.93. The summed E-state index contributed by atoms with van der Waals surface area (Å²) in [5, 5.41) is 1.23. The van der Waals surface area contributed by atoms with Crippen LogP contribution in [0.25, 0.3) is 39.1 Å². The van der Waals surface area contributed by atoms with Gasteiger partial charge in [-0.2, -0.15) is 0 Å². The van der Waals surface area contributed by atoms with Crippen LogP contribution >= 0.6 is 0 Å². The Bertz CT molecular complexity index is 1200. The number of nitrogens with zero attached hydrogens (tertiary/aromatic N) is 4. The van der Waals surface area contributed by atoms with Crippen molar-refractivity contribution in [1.82, 2.24) is 18.9 Å². The van der Waals surface area contributed by atoms with Crippen LogP contribution < -0.4 is 0 Å². The maximum Gasteiger partial charge on any atom is 0.155 e. The lowest BCUT2D eigenvalue weighted by molar-refractivity contribution is 0.969. The third kappa shape index (κ3) is 2.22. The molecule has 120 valence electrons. The fourth-order valence-corrected chi connectivity index (χ4v) is 3.30. The van der Waals surface area contributed by atoms with Gasteiger partial charge in [0.2, 0.25) is 0 Å². The second kappa shape index (κ2) is 5.31. The number of aryl methyl sites for hydroxylation is 1. The van der Waals surface area contributed by atoms with Crippen LogP contribution in [0.5, 0.6) is 0 Å². The third-order valence-electron chi connectivity index (χ3n) is 4.65. The van der Waals surface area contributed by atoms with Gasteiger partial charge in [-0.05, 0) is 18.2 Å². The van der Waals surface area contributed by atoms with Crippen molar-refractivity contribution in [3.8, 4) is 22.5 Å². The summed E-state index contributed by atoms with van der Waals surface area (Å²) in [4.78, 5) is 9.06. The lowest BCUT2D eigenvalue weighted by atomic mass is 10.1. The second-order valence-electron chi connectivity index (χ2n) is 6.21. The minimum atomic E-state index is 0.850. The van der Waals surface area contributed by atoms with Gasteiger partial charge < -0.3 is 4.57 Å². The van der Waals surface area contributed by atoms with Crippen LogP contribution in [0.3, 0.4) is 0 Å². The van der Waals surface area contributed by atoms with Crippen molar-refractivity contribution in [3.05, 3.63) is 79.4 Å². The highest BCUT2D eigenvalue weighted by molar-refractivity contribution is 5.85. The van der Waals surface area contributed by atoms with Gasteiger partial charge in [0.15, 0.2) is 5.65 Å². The predicted molar refractivity (Wildman–Crippen MR) is 100 cm³/mol. The van der Waals surface area contributed by atoms with Crippen molar-refractivity contribution in [2.24, 2.45) is 7.05 Å². The first-order valence-electron chi connectivity index (χ1n) is 8.23. The Morgan fingerprint density at radius 2 is 1.72 bits per heavy atom. The molecule has 0 aliphatic heterocycles. The average molecular weight is 324 g/mol. The van der Waals surface area contributed by atoms with Crippen LogP contribution in [-0.4, -0.2) is 18.9 Å². The molecule has 0 atom stereocenters. The predicted octanol–water partition coefficient (Wildman–Crippen LogP) is 4.56. The first kappa shape index (κ1) is 14.0. The van der Waals surface area contributed by atoms with E-state index in [-0.39, 0.29) is 0 Å². The van der Waals surface area contributed by atoms with E-state index in [2.05, 4.69) is 74.8 Å². The number of aromatic nitrogens is 4. The maximum atomic E-state index is 4.55. The van der Waals surface area contributed by atoms with Gasteiger partial charge in [0, 0.05) is 41.5 Å². The maximum absolute atomic E-state index is 4.55. The van der Waals surface area contributed by atoms with E-state index in [0.717, 1.165) is 28.2 Å². The molecule has 25 heavy (non-hydrogen) atoms. The minimum absolute atomic E-state index is 0.850. The fourth-order valence-electron chi connectivity index (χ4n) is 3.30. The third-order valence-corrected chi connectivity index (χ3v) is 4.65. The number of fused-ring (bicyclic) bond motifs is 2. The molecule has 0 fully saturated rings. The molecule has 2 aromatic carbocycles. The van der Waals surface area contributed by atoms with E-state index in [9.17, 15) is 0 Å². The Labute approximate surface area is 145 Å². The lowest BCUT2D eigenvalue weighted by Gasteiger charge is -2.06. The highest BCUT2D eigenvalue weighted by Crippen LogP contribution is 2.27. The summed E-state index contributed by atoms with van der Waals surface area (Å²) in [6, 6.07) is 18.9. The van der Waals surface area contributed by atoms with Gasteiger partial charge in [-0.1, -0.05) is 36.4 Å². The number of rotatable bonds is 2. The van der Waals surface area contributed by atoms with Crippen molar-refractivity contribution in [2.45, 2.75) is 0 Å². The van der Waals surface area contributed by atoms with Gasteiger partial charge in [0.05, 0.1) is 23.8 Å². The molecule has 0 radical (unpaired) electrons. The molecule has 5 rings (SSSR count). The first-order valence-corrected chi connectivity index (χ1v) is 8.23. The van der Waals surface area contributed by atoms with Gasteiger partial charge in [0.25, 0.3) is 0 Å². The van der Waals surface area contributed by atoms with E-state index in [4.69, 9.17) is 0 Å². The summed E-state index contributed by atoms with van der Waals surface area (Å²) in [5.74, 6) is 0. The van der Waals surface area contributed by atoms with Gasteiger partial charge in [0.1, 0.15) is 0 Å².